The van der Waals surface area contributed by atoms with E-state index in [1.807, 2.05) is 31.2 Å². The summed E-state index contributed by atoms with van der Waals surface area (Å²) in [6, 6.07) is 7.47. The summed E-state index contributed by atoms with van der Waals surface area (Å²) in [5.41, 5.74) is 3.58. The summed E-state index contributed by atoms with van der Waals surface area (Å²) < 4.78 is 5.22. The number of nitrogens with zero attached hydrogens (tertiary/aromatic N) is 1. The third-order valence-corrected chi connectivity index (χ3v) is 2.81. The average Bonchev–Trinajstić information content (AvgIpc) is 2.41. The molecule has 0 heterocycles. The van der Waals surface area contributed by atoms with Gasteiger partial charge in [0.05, 0.1) is 6.21 Å². The molecule has 0 aliphatic rings. The number of hydrogen-bond donors (Lipinski definition) is 2. The van der Waals surface area contributed by atoms with Crippen LogP contribution in [0, 0.1) is 0 Å². The van der Waals surface area contributed by atoms with E-state index in [2.05, 4.69) is 15.8 Å². The molecule has 0 radical (unpaired) electrons. The first-order chi connectivity index (χ1) is 9.24. The van der Waals surface area contributed by atoms with Gasteiger partial charge in [0, 0.05) is 30.3 Å². The van der Waals surface area contributed by atoms with Crippen LogP contribution in [-0.2, 0) is 4.74 Å². The topological polar surface area (TPSA) is 45.6 Å². The minimum Gasteiger partial charge on any atom is -0.382 e. The zero-order valence-corrected chi connectivity index (χ0v) is 12.4. The number of nitrogens with one attached hydrogen (secondary N) is 2. The highest BCUT2D eigenvalue weighted by Crippen LogP contribution is 2.11. The largest absolute Gasteiger partial charge is 0.382 e. The fourth-order valence-electron chi connectivity index (χ4n) is 1.30. The smallest absolute Gasteiger partial charge is 0.186 e. The Kier molecular flexibility index (Phi) is 8.13. The maximum absolute atomic E-state index is 5.99. The second kappa shape index (κ2) is 9.72. The van der Waals surface area contributed by atoms with Crippen molar-refractivity contribution >= 4 is 35.1 Å². The van der Waals surface area contributed by atoms with E-state index < -0.39 is 0 Å². The number of ether oxygens (including phenoxy) is 1. The lowest BCUT2D eigenvalue weighted by Crippen LogP contribution is -2.33. The van der Waals surface area contributed by atoms with Crippen molar-refractivity contribution in [2.75, 3.05) is 19.8 Å². The predicted octanol–water partition coefficient (Wildman–Crippen LogP) is 2.56. The molecule has 0 aromatic heterocycles. The molecule has 0 fully saturated rings. The minimum atomic E-state index is 0.486. The van der Waals surface area contributed by atoms with Crippen LogP contribution in [-0.4, -0.2) is 31.1 Å². The molecule has 104 valence electrons. The highest BCUT2D eigenvalue weighted by Gasteiger charge is 1.95. The van der Waals surface area contributed by atoms with Crippen LogP contribution in [0.15, 0.2) is 29.4 Å². The maximum Gasteiger partial charge on any atom is 0.186 e. The van der Waals surface area contributed by atoms with Crippen LogP contribution in [0.4, 0.5) is 0 Å². The maximum atomic E-state index is 5.99. The Morgan fingerprint density at radius 2 is 2.26 bits per heavy atom. The standard InChI is InChI=1S/C13H18ClN3OS/c1-2-18-9-5-8-15-13(19)17-16-10-11-6-3-4-7-12(11)14/h3-4,6-7,10H,2,5,8-9H2,1H3,(H2,15,17,19)/b16-10-. The van der Waals surface area contributed by atoms with E-state index in [-0.39, 0.29) is 0 Å². The lowest BCUT2D eigenvalue weighted by atomic mass is 10.2. The van der Waals surface area contributed by atoms with Crippen molar-refractivity contribution in [3.05, 3.63) is 34.9 Å². The van der Waals surface area contributed by atoms with Crippen LogP contribution in [0.1, 0.15) is 18.9 Å². The average molecular weight is 300 g/mol. The van der Waals surface area contributed by atoms with Gasteiger partial charge in [-0.1, -0.05) is 29.8 Å². The Morgan fingerprint density at radius 3 is 3.00 bits per heavy atom. The van der Waals surface area contributed by atoms with Crippen molar-refractivity contribution in [2.45, 2.75) is 13.3 Å². The first kappa shape index (κ1) is 15.9. The van der Waals surface area contributed by atoms with Crippen LogP contribution in [0.25, 0.3) is 0 Å². The van der Waals surface area contributed by atoms with Crippen LogP contribution >= 0.6 is 23.8 Å². The van der Waals surface area contributed by atoms with Crippen LogP contribution in [0.5, 0.6) is 0 Å². The van der Waals surface area contributed by atoms with Crippen LogP contribution in [0.3, 0.4) is 0 Å². The first-order valence-electron chi connectivity index (χ1n) is 6.13. The molecule has 19 heavy (non-hydrogen) atoms. The second-order valence-electron chi connectivity index (χ2n) is 3.70. The summed E-state index contributed by atoms with van der Waals surface area (Å²) in [6.45, 7) is 4.20. The van der Waals surface area contributed by atoms with Crippen molar-refractivity contribution in [3.63, 3.8) is 0 Å². The van der Waals surface area contributed by atoms with E-state index in [4.69, 9.17) is 28.6 Å². The molecule has 0 saturated heterocycles. The highest BCUT2D eigenvalue weighted by molar-refractivity contribution is 7.80. The van der Waals surface area contributed by atoms with E-state index in [0.29, 0.717) is 10.1 Å². The van der Waals surface area contributed by atoms with Gasteiger partial charge in [-0.25, -0.2) is 0 Å². The van der Waals surface area contributed by atoms with Crippen LogP contribution < -0.4 is 10.7 Å². The Labute approximate surface area is 124 Å². The SMILES string of the molecule is CCOCCCNC(=S)N/N=C\c1ccccc1Cl. The van der Waals surface area contributed by atoms with Crippen molar-refractivity contribution < 1.29 is 4.74 Å². The third-order valence-electron chi connectivity index (χ3n) is 2.23. The molecule has 4 nitrogen and oxygen atoms in total. The van der Waals surface area contributed by atoms with Gasteiger partial charge in [0.25, 0.3) is 0 Å². The van der Waals surface area contributed by atoms with Crippen LogP contribution in [0.2, 0.25) is 5.02 Å². The number of benzene rings is 1. The molecule has 0 aliphatic carbocycles. The molecular formula is C13H18ClN3OS. The summed E-state index contributed by atoms with van der Waals surface area (Å²) in [6.07, 6.45) is 2.54. The van der Waals surface area contributed by atoms with E-state index in [9.17, 15) is 0 Å². The summed E-state index contributed by atoms with van der Waals surface area (Å²) in [5, 5.41) is 8.20. The molecule has 2 N–H and O–H groups in total. The molecule has 1 aromatic carbocycles. The predicted molar refractivity (Wildman–Crippen MR) is 83.9 cm³/mol. The van der Waals surface area contributed by atoms with Gasteiger partial charge in [0.2, 0.25) is 0 Å². The molecule has 1 rings (SSSR count). The van der Waals surface area contributed by atoms with Gasteiger partial charge in [-0.3, -0.25) is 5.43 Å². The number of hydrazone groups is 1. The summed E-state index contributed by atoms with van der Waals surface area (Å²) in [7, 11) is 0. The quantitative estimate of drug-likeness (QED) is 0.351. The van der Waals surface area contributed by atoms with Crippen molar-refractivity contribution in [2.24, 2.45) is 5.10 Å². The number of rotatable bonds is 7. The minimum absolute atomic E-state index is 0.486. The normalized spacial score (nSPS) is 10.6. The lowest BCUT2D eigenvalue weighted by molar-refractivity contribution is 0.145. The monoisotopic (exact) mass is 299 g/mol. The zero-order chi connectivity index (χ0) is 13.9. The van der Waals surface area contributed by atoms with Gasteiger partial charge in [0.1, 0.15) is 0 Å². The molecule has 0 atom stereocenters. The number of halogens is 1. The molecule has 0 amide bonds. The molecule has 0 bridgehead atoms. The van der Waals surface area contributed by atoms with Gasteiger partial charge >= 0.3 is 0 Å². The fraction of sp³-hybridized carbons (Fsp3) is 0.385. The Morgan fingerprint density at radius 1 is 1.47 bits per heavy atom. The Bertz CT molecular complexity index is 426. The molecule has 0 saturated carbocycles. The van der Waals surface area contributed by atoms with E-state index in [1.54, 1.807) is 6.21 Å². The van der Waals surface area contributed by atoms with Crippen molar-refractivity contribution in [3.8, 4) is 0 Å². The van der Waals surface area contributed by atoms with Gasteiger partial charge in [0.15, 0.2) is 5.11 Å². The number of hydrogen-bond acceptors (Lipinski definition) is 3. The van der Waals surface area contributed by atoms with Gasteiger partial charge in [-0.15, -0.1) is 0 Å². The van der Waals surface area contributed by atoms with Gasteiger partial charge in [-0.2, -0.15) is 5.10 Å². The summed E-state index contributed by atoms with van der Waals surface area (Å²) >= 11 is 11.1. The van der Waals surface area contributed by atoms with Gasteiger partial charge < -0.3 is 10.1 Å². The fourth-order valence-corrected chi connectivity index (χ4v) is 1.64. The van der Waals surface area contributed by atoms with Crippen molar-refractivity contribution in [1.29, 1.82) is 0 Å². The molecular weight excluding hydrogens is 282 g/mol. The second-order valence-corrected chi connectivity index (χ2v) is 4.51. The van der Waals surface area contributed by atoms with E-state index in [0.717, 1.165) is 31.7 Å². The molecule has 0 aliphatic heterocycles. The Hall–Kier alpha value is -1.17. The van der Waals surface area contributed by atoms with E-state index in [1.165, 1.54) is 0 Å². The number of thiocarbonyl (C=S) groups is 1. The molecule has 0 spiro atoms. The highest BCUT2D eigenvalue weighted by atomic mass is 35.5. The van der Waals surface area contributed by atoms with E-state index >= 15 is 0 Å². The third kappa shape index (κ3) is 7.10. The molecule has 1 aromatic rings. The molecule has 6 heteroatoms. The molecule has 0 unspecified atom stereocenters. The zero-order valence-electron chi connectivity index (χ0n) is 10.9. The summed E-state index contributed by atoms with van der Waals surface area (Å²) in [5.74, 6) is 0. The lowest BCUT2D eigenvalue weighted by Gasteiger charge is -2.06. The Balaban J connectivity index is 2.21. The van der Waals surface area contributed by atoms with Gasteiger partial charge in [-0.05, 0) is 31.6 Å². The first-order valence-corrected chi connectivity index (χ1v) is 6.92. The van der Waals surface area contributed by atoms with Crippen molar-refractivity contribution in [1.82, 2.24) is 10.7 Å². The summed E-state index contributed by atoms with van der Waals surface area (Å²) in [4.78, 5) is 0.